The standard InChI is InChI=1S/C14H16N4O3S/c1-2-3-7-15-14(18(20)21)17-13(19)11-5-4-10-6-8-16-22-12(10)9-11/h4-6,8-9,16H,2-3,7H2,1H3,(H,15,17,19). The van der Waals surface area contributed by atoms with Crippen molar-refractivity contribution in [2.45, 2.75) is 24.7 Å². The Bertz CT molecular complexity index is 643. The number of nitrogens with one attached hydrogen (secondary N) is 2. The normalized spacial score (nSPS) is 13.2. The van der Waals surface area contributed by atoms with Crippen LogP contribution in [-0.4, -0.2) is 23.3 Å². The molecule has 0 unspecified atom stereocenters. The van der Waals surface area contributed by atoms with Crippen LogP contribution in [0.25, 0.3) is 6.08 Å². The fraction of sp³-hybridized carbons (Fsp3) is 0.286. The van der Waals surface area contributed by atoms with Gasteiger partial charge in [0.15, 0.2) is 0 Å². The Morgan fingerprint density at radius 3 is 3.05 bits per heavy atom. The first-order valence-electron chi connectivity index (χ1n) is 6.85. The number of benzene rings is 1. The highest BCUT2D eigenvalue weighted by Gasteiger charge is 2.19. The lowest BCUT2D eigenvalue weighted by atomic mass is 10.1. The minimum atomic E-state index is -0.676. The summed E-state index contributed by atoms with van der Waals surface area (Å²) in [5.74, 6) is -1.05. The van der Waals surface area contributed by atoms with Crippen LogP contribution in [0.2, 0.25) is 0 Å². The third-order valence-corrected chi connectivity index (χ3v) is 3.77. The van der Waals surface area contributed by atoms with Gasteiger partial charge in [0, 0.05) is 11.1 Å². The first-order chi connectivity index (χ1) is 10.6. The molecule has 0 spiro atoms. The lowest BCUT2D eigenvalue weighted by Gasteiger charge is -2.11. The second-order valence-electron chi connectivity index (χ2n) is 4.58. The topological polar surface area (TPSA) is 96.6 Å². The summed E-state index contributed by atoms with van der Waals surface area (Å²) in [4.78, 5) is 27.1. The summed E-state index contributed by atoms with van der Waals surface area (Å²) in [5.41, 5.74) is 1.35. The second kappa shape index (κ2) is 7.60. The molecule has 8 heteroatoms. The Morgan fingerprint density at radius 1 is 1.50 bits per heavy atom. The highest BCUT2D eigenvalue weighted by molar-refractivity contribution is 7.97. The first-order valence-corrected chi connectivity index (χ1v) is 7.66. The molecule has 2 N–H and O–H groups in total. The van der Waals surface area contributed by atoms with Crippen molar-refractivity contribution >= 4 is 29.9 Å². The van der Waals surface area contributed by atoms with Crippen molar-refractivity contribution in [1.29, 1.82) is 0 Å². The van der Waals surface area contributed by atoms with E-state index in [4.69, 9.17) is 0 Å². The van der Waals surface area contributed by atoms with Crippen molar-refractivity contribution in [3.05, 3.63) is 45.6 Å². The summed E-state index contributed by atoms with van der Waals surface area (Å²) >= 11 is 1.38. The third kappa shape index (κ3) is 4.08. The first kappa shape index (κ1) is 16.0. The number of carbonyl (C=O) groups is 1. The van der Waals surface area contributed by atoms with Crippen molar-refractivity contribution in [2.24, 2.45) is 4.99 Å². The van der Waals surface area contributed by atoms with Crippen molar-refractivity contribution in [3.8, 4) is 0 Å². The quantitative estimate of drug-likeness (QED) is 0.222. The molecule has 0 aromatic heterocycles. The number of hydrogen-bond donors (Lipinski definition) is 2. The summed E-state index contributed by atoms with van der Waals surface area (Å²) in [7, 11) is 0. The molecular formula is C14H16N4O3S. The number of nitrogens with zero attached hydrogens (tertiary/aromatic N) is 2. The monoisotopic (exact) mass is 320 g/mol. The van der Waals surface area contributed by atoms with Gasteiger partial charge in [-0.3, -0.25) is 4.79 Å². The van der Waals surface area contributed by atoms with Crippen molar-refractivity contribution < 1.29 is 9.72 Å². The van der Waals surface area contributed by atoms with E-state index < -0.39 is 16.8 Å². The molecule has 1 heterocycles. The van der Waals surface area contributed by atoms with E-state index >= 15 is 0 Å². The predicted octanol–water partition coefficient (Wildman–Crippen LogP) is 2.43. The summed E-state index contributed by atoms with van der Waals surface area (Å²) < 4.78 is 2.97. The maximum Gasteiger partial charge on any atom is 0.429 e. The molecule has 0 atom stereocenters. The van der Waals surface area contributed by atoms with Gasteiger partial charge in [0.2, 0.25) is 0 Å². The molecule has 116 valence electrons. The second-order valence-corrected chi connectivity index (χ2v) is 5.46. The van der Waals surface area contributed by atoms with Crippen LogP contribution in [0.4, 0.5) is 0 Å². The van der Waals surface area contributed by atoms with Crippen LogP contribution in [-0.2, 0) is 0 Å². The molecule has 1 aromatic rings. The zero-order valence-corrected chi connectivity index (χ0v) is 12.9. The number of aliphatic imine (C=N–C) groups is 1. The van der Waals surface area contributed by atoms with E-state index in [1.165, 1.54) is 11.9 Å². The van der Waals surface area contributed by atoms with E-state index in [0.717, 1.165) is 23.3 Å². The number of hydrogen-bond acceptors (Lipinski definition) is 6. The molecule has 0 fully saturated rings. The van der Waals surface area contributed by atoms with Crippen LogP contribution in [0.15, 0.2) is 34.3 Å². The van der Waals surface area contributed by atoms with Gasteiger partial charge in [-0.25, -0.2) is 5.32 Å². The van der Waals surface area contributed by atoms with E-state index in [9.17, 15) is 14.9 Å². The van der Waals surface area contributed by atoms with Crippen LogP contribution >= 0.6 is 11.9 Å². The van der Waals surface area contributed by atoms with Gasteiger partial charge < -0.3 is 14.8 Å². The third-order valence-electron chi connectivity index (χ3n) is 2.95. The minimum absolute atomic E-state index is 0.321. The fourth-order valence-electron chi connectivity index (χ4n) is 1.78. The van der Waals surface area contributed by atoms with Crippen molar-refractivity contribution in [3.63, 3.8) is 0 Å². The Kier molecular flexibility index (Phi) is 5.54. The lowest BCUT2D eigenvalue weighted by Crippen LogP contribution is -2.36. The molecule has 0 radical (unpaired) electrons. The lowest BCUT2D eigenvalue weighted by molar-refractivity contribution is -0.354. The molecule has 1 aliphatic heterocycles. The average molecular weight is 320 g/mol. The minimum Gasteiger partial charge on any atom is -0.390 e. The fourth-order valence-corrected chi connectivity index (χ4v) is 2.49. The van der Waals surface area contributed by atoms with Crippen LogP contribution in [0.5, 0.6) is 0 Å². The van der Waals surface area contributed by atoms with Gasteiger partial charge in [-0.1, -0.05) is 19.4 Å². The van der Waals surface area contributed by atoms with E-state index in [1.54, 1.807) is 24.4 Å². The number of guanidine groups is 1. The molecule has 1 amide bonds. The van der Waals surface area contributed by atoms with Crippen LogP contribution in [0.3, 0.4) is 0 Å². The molecule has 0 aliphatic carbocycles. The summed E-state index contributed by atoms with van der Waals surface area (Å²) in [6, 6.07) is 5.12. The van der Waals surface area contributed by atoms with Gasteiger partial charge in [0.1, 0.15) is 6.54 Å². The zero-order chi connectivity index (χ0) is 15.9. The Morgan fingerprint density at radius 2 is 2.32 bits per heavy atom. The highest BCUT2D eigenvalue weighted by Crippen LogP contribution is 2.26. The Balaban J connectivity index is 2.12. The molecule has 2 rings (SSSR count). The molecule has 0 saturated carbocycles. The van der Waals surface area contributed by atoms with Crippen LogP contribution < -0.4 is 10.0 Å². The van der Waals surface area contributed by atoms with Crippen LogP contribution in [0, 0.1) is 10.1 Å². The summed E-state index contributed by atoms with van der Waals surface area (Å²) in [6.07, 6.45) is 5.31. The van der Waals surface area contributed by atoms with Crippen molar-refractivity contribution in [1.82, 2.24) is 10.0 Å². The Labute approximate surface area is 132 Å². The number of nitro groups is 1. The summed E-state index contributed by atoms with van der Waals surface area (Å²) in [6.45, 7) is 2.29. The zero-order valence-electron chi connectivity index (χ0n) is 12.0. The smallest absolute Gasteiger partial charge is 0.390 e. The largest absolute Gasteiger partial charge is 0.429 e. The molecule has 0 bridgehead atoms. The Hall–Kier alpha value is -2.35. The number of unbranched alkanes of at least 4 members (excludes halogenated alkanes) is 1. The maximum absolute atomic E-state index is 12.1. The molecule has 1 aromatic carbocycles. The average Bonchev–Trinajstić information content (AvgIpc) is 2.53. The van der Waals surface area contributed by atoms with E-state index in [1.807, 2.05) is 13.0 Å². The van der Waals surface area contributed by atoms with E-state index in [-0.39, 0.29) is 0 Å². The van der Waals surface area contributed by atoms with Gasteiger partial charge in [0.05, 0.1) is 5.56 Å². The number of rotatable bonds is 4. The summed E-state index contributed by atoms with van der Waals surface area (Å²) in [5, 5.41) is 13.2. The van der Waals surface area contributed by atoms with Gasteiger partial charge >= 0.3 is 11.9 Å². The van der Waals surface area contributed by atoms with Gasteiger partial charge in [0.25, 0.3) is 0 Å². The van der Waals surface area contributed by atoms with Gasteiger partial charge in [-0.2, -0.15) is 0 Å². The van der Waals surface area contributed by atoms with Gasteiger partial charge in [-0.15, -0.1) is 4.99 Å². The van der Waals surface area contributed by atoms with Gasteiger partial charge in [-0.05, 0) is 47.1 Å². The molecule has 1 aliphatic rings. The predicted molar refractivity (Wildman–Crippen MR) is 86.1 cm³/mol. The molecular weight excluding hydrogens is 304 g/mol. The molecule has 7 nitrogen and oxygen atoms in total. The van der Waals surface area contributed by atoms with Crippen molar-refractivity contribution in [2.75, 3.05) is 6.54 Å². The van der Waals surface area contributed by atoms with Crippen LogP contribution in [0.1, 0.15) is 35.7 Å². The number of fused-ring (bicyclic) bond motifs is 1. The van der Waals surface area contributed by atoms with E-state index in [2.05, 4.69) is 15.0 Å². The highest BCUT2D eigenvalue weighted by atomic mass is 32.2. The molecule has 22 heavy (non-hydrogen) atoms. The van der Waals surface area contributed by atoms with E-state index in [0.29, 0.717) is 12.1 Å². The molecule has 0 saturated heterocycles. The SMILES string of the molecule is CCCCN=C(NC(=O)c1ccc2c(c1)SNC=C2)[N+](=O)[O-]. The number of amides is 1. The number of carbonyl (C=O) groups excluding carboxylic acids is 1. The maximum atomic E-state index is 12.1.